The zero-order valence-electron chi connectivity index (χ0n) is 9.65. The molecule has 0 aliphatic heterocycles. The average molecular weight is 259 g/mol. The van der Waals surface area contributed by atoms with Gasteiger partial charge in [-0.2, -0.15) is 0 Å². The van der Waals surface area contributed by atoms with Crippen LogP contribution in [0, 0.1) is 0 Å². The average Bonchev–Trinajstić information content (AvgIpc) is 2.40. The Morgan fingerprint density at radius 2 is 1.39 bits per heavy atom. The van der Waals surface area contributed by atoms with Gasteiger partial charge in [-0.1, -0.05) is 48.5 Å². The maximum atomic E-state index is 12.1. The van der Waals surface area contributed by atoms with E-state index >= 15 is 0 Å². The van der Waals surface area contributed by atoms with E-state index in [0.717, 1.165) is 5.41 Å². The molecule has 2 rings (SSSR count). The Morgan fingerprint density at radius 1 is 0.889 bits per heavy atom. The third kappa shape index (κ3) is 2.78. The van der Waals surface area contributed by atoms with Crippen molar-refractivity contribution in [3.05, 3.63) is 71.6 Å². The quantitative estimate of drug-likeness (QED) is 0.920. The largest absolute Gasteiger partial charge is 0.398 e. The first-order valence-corrected chi connectivity index (χ1v) is 6.97. The number of benzene rings is 2. The summed E-state index contributed by atoms with van der Waals surface area (Å²) in [5.41, 5.74) is 6.73. The molecule has 2 aromatic rings. The maximum Gasteiger partial charge on any atom is 0.201 e. The molecule has 0 amide bonds. The topological polar surface area (TPSA) is 60.2 Å². The molecule has 0 bridgehead atoms. The summed E-state index contributed by atoms with van der Waals surface area (Å²) in [6.45, 7) is 0. The molecule has 2 N–H and O–H groups in total. The van der Waals surface area contributed by atoms with Gasteiger partial charge in [-0.15, -0.1) is 0 Å². The summed E-state index contributed by atoms with van der Waals surface area (Å²) in [6, 6.07) is 17.2. The Labute approximate surface area is 106 Å². The highest BCUT2D eigenvalue weighted by atomic mass is 32.2. The summed E-state index contributed by atoms with van der Waals surface area (Å²) in [5.74, 6) is 0. The van der Waals surface area contributed by atoms with E-state index in [0.29, 0.717) is 5.56 Å². The van der Waals surface area contributed by atoms with E-state index in [4.69, 9.17) is 5.73 Å². The maximum absolute atomic E-state index is 12.1. The van der Waals surface area contributed by atoms with Crippen LogP contribution in [0.2, 0.25) is 0 Å². The predicted octanol–water partition coefficient (Wildman–Crippen LogP) is 2.42. The molecule has 18 heavy (non-hydrogen) atoms. The summed E-state index contributed by atoms with van der Waals surface area (Å²) in [5, 5.41) is 1.09. The zero-order chi connectivity index (χ0) is 13.0. The third-order valence-corrected chi connectivity index (χ3v) is 3.95. The molecular formula is C14H13NO2S. The Kier molecular flexibility index (Phi) is 3.48. The predicted molar refractivity (Wildman–Crippen MR) is 72.2 cm³/mol. The minimum absolute atomic E-state index is 0.236. The fourth-order valence-electron chi connectivity index (χ4n) is 1.54. The summed E-state index contributed by atoms with van der Waals surface area (Å²) in [7, 11) is -3.49. The summed E-state index contributed by atoms with van der Waals surface area (Å²) in [6.07, 6.45) is 0. The van der Waals surface area contributed by atoms with Gasteiger partial charge in [-0.3, -0.25) is 0 Å². The number of hydrogen-bond donors (Lipinski definition) is 1. The van der Waals surface area contributed by atoms with Gasteiger partial charge < -0.3 is 5.73 Å². The lowest BCUT2D eigenvalue weighted by atomic mass is 10.2. The second-order valence-electron chi connectivity index (χ2n) is 3.80. The fourth-order valence-corrected chi connectivity index (χ4v) is 2.69. The molecule has 0 radical (unpaired) electrons. The highest BCUT2D eigenvalue weighted by molar-refractivity contribution is 7.94. The molecule has 0 spiro atoms. The minimum atomic E-state index is -3.49. The molecule has 0 saturated carbocycles. The number of rotatable bonds is 3. The molecule has 0 fully saturated rings. The van der Waals surface area contributed by atoms with Crippen LogP contribution in [0.4, 0.5) is 0 Å². The van der Waals surface area contributed by atoms with E-state index in [-0.39, 0.29) is 10.6 Å². The van der Waals surface area contributed by atoms with E-state index in [1.165, 1.54) is 0 Å². The molecule has 0 atom stereocenters. The molecule has 0 aliphatic rings. The van der Waals surface area contributed by atoms with Crippen molar-refractivity contribution in [2.45, 2.75) is 4.90 Å². The second kappa shape index (κ2) is 5.06. The van der Waals surface area contributed by atoms with Crippen molar-refractivity contribution in [1.82, 2.24) is 0 Å². The minimum Gasteiger partial charge on any atom is -0.398 e. The van der Waals surface area contributed by atoms with Crippen LogP contribution in [-0.2, 0) is 9.84 Å². The van der Waals surface area contributed by atoms with Crippen molar-refractivity contribution in [1.29, 1.82) is 0 Å². The Hall–Kier alpha value is -2.07. The number of nitrogens with two attached hydrogens (primary N) is 1. The van der Waals surface area contributed by atoms with E-state index in [1.807, 2.05) is 18.2 Å². The smallest absolute Gasteiger partial charge is 0.201 e. The Bertz CT molecular complexity index is 647. The lowest BCUT2D eigenvalue weighted by Crippen LogP contribution is -2.03. The molecule has 92 valence electrons. The third-order valence-electron chi connectivity index (χ3n) is 2.46. The van der Waals surface area contributed by atoms with E-state index < -0.39 is 9.84 Å². The van der Waals surface area contributed by atoms with Crippen molar-refractivity contribution >= 4 is 15.5 Å². The van der Waals surface area contributed by atoms with Gasteiger partial charge in [0.15, 0.2) is 0 Å². The first-order chi connectivity index (χ1) is 8.59. The SMILES string of the molecule is N/C(=C\S(=O)(=O)c1ccccc1)c1ccccc1. The van der Waals surface area contributed by atoms with Crippen LogP contribution in [0.25, 0.3) is 5.70 Å². The van der Waals surface area contributed by atoms with Crippen LogP contribution in [-0.4, -0.2) is 8.42 Å². The van der Waals surface area contributed by atoms with Gasteiger partial charge in [0.05, 0.1) is 16.0 Å². The van der Waals surface area contributed by atoms with Gasteiger partial charge in [0, 0.05) is 0 Å². The van der Waals surface area contributed by atoms with Crippen LogP contribution in [0.5, 0.6) is 0 Å². The van der Waals surface area contributed by atoms with E-state index in [1.54, 1.807) is 42.5 Å². The highest BCUT2D eigenvalue weighted by Crippen LogP contribution is 2.16. The summed E-state index contributed by atoms with van der Waals surface area (Å²) in [4.78, 5) is 0.240. The monoisotopic (exact) mass is 259 g/mol. The van der Waals surface area contributed by atoms with Crippen LogP contribution in [0.3, 0.4) is 0 Å². The molecule has 0 unspecified atom stereocenters. The lowest BCUT2D eigenvalue weighted by molar-refractivity contribution is 0.604. The Balaban J connectivity index is 2.39. The first-order valence-electron chi connectivity index (χ1n) is 5.42. The number of hydrogen-bond acceptors (Lipinski definition) is 3. The normalized spacial score (nSPS) is 12.3. The Morgan fingerprint density at radius 3 is 1.94 bits per heavy atom. The first kappa shape index (κ1) is 12.4. The van der Waals surface area contributed by atoms with Crippen LogP contribution in [0.15, 0.2) is 71.0 Å². The molecule has 2 aromatic carbocycles. The molecule has 3 nitrogen and oxygen atoms in total. The van der Waals surface area contributed by atoms with Crippen molar-refractivity contribution in [3.63, 3.8) is 0 Å². The number of sulfone groups is 1. The molecule has 0 aliphatic carbocycles. The van der Waals surface area contributed by atoms with Crippen molar-refractivity contribution in [2.24, 2.45) is 5.73 Å². The lowest BCUT2D eigenvalue weighted by Gasteiger charge is -2.03. The van der Waals surface area contributed by atoms with Crippen molar-refractivity contribution < 1.29 is 8.42 Å². The molecule has 0 saturated heterocycles. The standard InChI is InChI=1S/C14H13NO2S/c15-14(12-7-3-1-4-8-12)11-18(16,17)13-9-5-2-6-10-13/h1-11H,15H2/b14-11-. The van der Waals surface area contributed by atoms with Gasteiger partial charge in [-0.05, 0) is 17.7 Å². The van der Waals surface area contributed by atoms with Gasteiger partial charge in [0.1, 0.15) is 0 Å². The van der Waals surface area contributed by atoms with Crippen LogP contribution in [0.1, 0.15) is 5.56 Å². The second-order valence-corrected chi connectivity index (χ2v) is 5.59. The van der Waals surface area contributed by atoms with Gasteiger partial charge in [0.25, 0.3) is 0 Å². The molecular weight excluding hydrogens is 246 g/mol. The molecule has 0 heterocycles. The van der Waals surface area contributed by atoms with Crippen molar-refractivity contribution in [3.8, 4) is 0 Å². The summed E-state index contributed by atoms with van der Waals surface area (Å²) < 4.78 is 24.1. The van der Waals surface area contributed by atoms with E-state index in [2.05, 4.69) is 0 Å². The summed E-state index contributed by atoms with van der Waals surface area (Å²) >= 11 is 0. The van der Waals surface area contributed by atoms with Gasteiger partial charge in [0.2, 0.25) is 9.84 Å². The molecule has 0 aromatic heterocycles. The van der Waals surface area contributed by atoms with E-state index in [9.17, 15) is 8.42 Å². The molecule has 4 heteroatoms. The van der Waals surface area contributed by atoms with Crippen LogP contribution >= 0.6 is 0 Å². The zero-order valence-corrected chi connectivity index (χ0v) is 10.5. The van der Waals surface area contributed by atoms with Gasteiger partial charge >= 0.3 is 0 Å². The van der Waals surface area contributed by atoms with Crippen LogP contribution < -0.4 is 5.73 Å². The van der Waals surface area contributed by atoms with Gasteiger partial charge in [-0.25, -0.2) is 8.42 Å². The fraction of sp³-hybridized carbons (Fsp3) is 0. The highest BCUT2D eigenvalue weighted by Gasteiger charge is 2.11. The van der Waals surface area contributed by atoms with Crippen molar-refractivity contribution in [2.75, 3.05) is 0 Å².